The first kappa shape index (κ1) is 26.6. The molecule has 0 spiro atoms. The van der Waals surface area contributed by atoms with Gasteiger partial charge in [-0.25, -0.2) is 5.48 Å². The van der Waals surface area contributed by atoms with Crippen LogP contribution in [0.5, 0.6) is 0 Å². The van der Waals surface area contributed by atoms with E-state index in [0.717, 1.165) is 37.7 Å². The molecule has 0 unspecified atom stereocenters. The molecule has 0 saturated heterocycles. The molecular weight excluding hydrogens is 412 g/mol. The van der Waals surface area contributed by atoms with Crippen molar-refractivity contribution in [2.45, 2.75) is 90.2 Å². The SMILES string of the molecule is CCC[C@@H](NC(=O)CCCCCCCCCc1ccccc1)C(=O)NOCc1ccccc1. The summed E-state index contributed by atoms with van der Waals surface area (Å²) in [5, 5.41) is 2.87. The Bertz CT molecular complexity index is 780. The van der Waals surface area contributed by atoms with Crippen molar-refractivity contribution in [3.63, 3.8) is 0 Å². The molecule has 2 rings (SSSR count). The Morgan fingerprint density at radius 3 is 2.00 bits per heavy atom. The first-order valence-electron chi connectivity index (χ1n) is 12.5. The smallest absolute Gasteiger partial charge is 0.266 e. The maximum absolute atomic E-state index is 12.4. The van der Waals surface area contributed by atoms with Gasteiger partial charge in [0, 0.05) is 6.42 Å². The maximum atomic E-state index is 12.4. The largest absolute Gasteiger partial charge is 0.344 e. The van der Waals surface area contributed by atoms with Gasteiger partial charge in [-0.1, -0.05) is 106 Å². The van der Waals surface area contributed by atoms with Gasteiger partial charge in [0.05, 0.1) is 6.61 Å². The van der Waals surface area contributed by atoms with Crippen molar-refractivity contribution in [3.05, 3.63) is 71.8 Å². The lowest BCUT2D eigenvalue weighted by Crippen LogP contribution is -2.46. The van der Waals surface area contributed by atoms with Gasteiger partial charge in [0.1, 0.15) is 6.04 Å². The molecule has 0 saturated carbocycles. The zero-order valence-electron chi connectivity index (χ0n) is 20.1. The summed E-state index contributed by atoms with van der Waals surface area (Å²) in [4.78, 5) is 30.0. The standard InChI is InChI=1S/C28H40N2O3/c1-2-16-26(28(32)30-33-23-25-20-13-9-14-21-25)29-27(31)22-15-7-5-3-4-6-10-17-24-18-11-8-12-19-24/h8-9,11-14,18-21,26H,2-7,10,15-17,22-23H2,1H3,(H,29,31)(H,30,32)/t26-/m1/s1. The van der Waals surface area contributed by atoms with Crippen molar-refractivity contribution in [2.24, 2.45) is 0 Å². The zero-order chi connectivity index (χ0) is 23.6. The van der Waals surface area contributed by atoms with Crippen LogP contribution in [0.4, 0.5) is 0 Å². The molecule has 0 bridgehead atoms. The van der Waals surface area contributed by atoms with E-state index in [0.29, 0.717) is 19.4 Å². The van der Waals surface area contributed by atoms with E-state index in [2.05, 4.69) is 41.1 Å². The molecule has 5 nitrogen and oxygen atoms in total. The van der Waals surface area contributed by atoms with Crippen LogP contribution in [0.3, 0.4) is 0 Å². The average molecular weight is 453 g/mol. The van der Waals surface area contributed by atoms with Crippen LogP contribution < -0.4 is 10.8 Å². The lowest BCUT2D eigenvalue weighted by Gasteiger charge is -2.17. The maximum Gasteiger partial charge on any atom is 0.266 e. The monoisotopic (exact) mass is 452 g/mol. The first-order valence-corrected chi connectivity index (χ1v) is 12.5. The topological polar surface area (TPSA) is 67.4 Å². The van der Waals surface area contributed by atoms with Crippen LogP contribution in [-0.4, -0.2) is 17.9 Å². The number of unbranched alkanes of at least 4 members (excludes halogenated alkanes) is 6. The summed E-state index contributed by atoms with van der Waals surface area (Å²) < 4.78 is 0. The van der Waals surface area contributed by atoms with E-state index in [9.17, 15) is 9.59 Å². The highest BCUT2D eigenvalue weighted by molar-refractivity contribution is 5.86. The van der Waals surface area contributed by atoms with Crippen molar-refractivity contribution in [1.82, 2.24) is 10.8 Å². The van der Waals surface area contributed by atoms with Crippen LogP contribution in [0.1, 0.15) is 82.3 Å². The molecule has 5 heteroatoms. The Morgan fingerprint density at radius 2 is 1.36 bits per heavy atom. The highest BCUT2D eigenvalue weighted by Crippen LogP contribution is 2.11. The fourth-order valence-electron chi connectivity index (χ4n) is 3.80. The van der Waals surface area contributed by atoms with Gasteiger partial charge in [-0.3, -0.25) is 14.4 Å². The molecule has 180 valence electrons. The van der Waals surface area contributed by atoms with Gasteiger partial charge >= 0.3 is 0 Å². The molecule has 2 aromatic rings. The fraction of sp³-hybridized carbons (Fsp3) is 0.500. The highest BCUT2D eigenvalue weighted by Gasteiger charge is 2.19. The van der Waals surface area contributed by atoms with Crippen LogP contribution in [0.2, 0.25) is 0 Å². The summed E-state index contributed by atoms with van der Waals surface area (Å²) in [5.74, 6) is -0.355. The van der Waals surface area contributed by atoms with Gasteiger partial charge in [0.25, 0.3) is 5.91 Å². The third-order valence-corrected chi connectivity index (χ3v) is 5.70. The Balaban J connectivity index is 1.51. The Morgan fingerprint density at radius 1 is 0.788 bits per heavy atom. The Kier molecular flexibility index (Phi) is 13.6. The summed E-state index contributed by atoms with van der Waals surface area (Å²) in [6.45, 7) is 2.29. The molecule has 0 aliphatic carbocycles. The number of hydrogen-bond acceptors (Lipinski definition) is 3. The molecule has 2 N–H and O–H groups in total. The first-order chi connectivity index (χ1) is 16.2. The van der Waals surface area contributed by atoms with Crippen LogP contribution >= 0.6 is 0 Å². The van der Waals surface area contributed by atoms with Gasteiger partial charge in [-0.15, -0.1) is 0 Å². The number of rotatable bonds is 17. The van der Waals surface area contributed by atoms with E-state index in [1.54, 1.807) is 0 Å². The third-order valence-electron chi connectivity index (χ3n) is 5.70. The van der Waals surface area contributed by atoms with Gasteiger partial charge in [0.2, 0.25) is 5.91 Å². The van der Waals surface area contributed by atoms with Gasteiger partial charge in [0.15, 0.2) is 0 Å². The molecule has 0 aromatic heterocycles. The summed E-state index contributed by atoms with van der Waals surface area (Å²) in [6.07, 6.45) is 11.1. The van der Waals surface area contributed by atoms with E-state index < -0.39 is 6.04 Å². The average Bonchev–Trinajstić information content (AvgIpc) is 2.84. The van der Waals surface area contributed by atoms with Gasteiger partial charge < -0.3 is 5.32 Å². The lowest BCUT2D eigenvalue weighted by molar-refractivity contribution is -0.139. The Hall–Kier alpha value is -2.66. The number of amides is 2. The molecule has 33 heavy (non-hydrogen) atoms. The van der Waals surface area contributed by atoms with Crippen LogP contribution in [-0.2, 0) is 27.5 Å². The predicted molar refractivity (Wildman–Crippen MR) is 133 cm³/mol. The molecular formula is C28H40N2O3. The van der Waals surface area contributed by atoms with Crippen molar-refractivity contribution in [2.75, 3.05) is 0 Å². The minimum absolute atomic E-state index is 0.0606. The van der Waals surface area contributed by atoms with Crippen LogP contribution in [0, 0.1) is 0 Å². The molecule has 0 aliphatic rings. The zero-order valence-corrected chi connectivity index (χ0v) is 20.1. The van der Waals surface area contributed by atoms with E-state index in [1.165, 1.54) is 31.2 Å². The molecule has 0 heterocycles. The number of benzene rings is 2. The number of carbonyl (C=O) groups is 2. The summed E-state index contributed by atoms with van der Waals surface area (Å²) in [6, 6.07) is 19.7. The molecule has 1 atom stereocenters. The quantitative estimate of drug-likeness (QED) is 0.232. The summed E-state index contributed by atoms with van der Waals surface area (Å²) >= 11 is 0. The normalized spacial score (nSPS) is 11.7. The van der Waals surface area contributed by atoms with Gasteiger partial charge in [-0.05, 0) is 36.8 Å². The number of nitrogens with one attached hydrogen (secondary N) is 2. The van der Waals surface area contributed by atoms with Crippen LogP contribution in [0.25, 0.3) is 0 Å². The van der Waals surface area contributed by atoms with Crippen molar-refractivity contribution >= 4 is 11.8 Å². The second kappa shape index (κ2) is 16.9. The fourth-order valence-corrected chi connectivity index (χ4v) is 3.80. The lowest BCUT2D eigenvalue weighted by atomic mass is 10.0. The number of hydrogen-bond donors (Lipinski definition) is 2. The minimum Gasteiger partial charge on any atom is -0.344 e. The van der Waals surface area contributed by atoms with Crippen LogP contribution in [0.15, 0.2) is 60.7 Å². The molecule has 0 fully saturated rings. The van der Waals surface area contributed by atoms with Crippen molar-refractivity contribution in [3.8, 4) is 0 Å². The Labute approximate surface area is 199 Å². The van der Waals surface area contributed by atoms with E-state index >= 15 is 0 Å². The third kappa shape index (κ3) is 12.2. The minimum atomic E-state index is -0.553. The van der Waals surface area contributed by atoms with E-state index in [4.69, 9.17) is 4.84 Å². The second-order valence-corrected chi connectivity index (χ2v) is 8.61. The van der Waals surface area contributed by atoms with Gasteiger partial charge in [-0.2, -0.15) is 0 Å². The van der Waals surface area contributed by atoms with E-state index in [-0.39, 0.29) is 11.8 Å². The molecule has 2 amide bonds. The number of hydroxylamine groups is 1. The molecule has 2 aromatic carbocycles. The summed E-state index contributed by atoms with van der Waals surface area (Å²) in [5.41, 5.74) is 4.87. The molecule has 0 radical (unpaired) electrons. The predicted octanol–water partition coefficient (Wildman–Crippen LogP) is 5.88. The van der Waals surface area contributed by atoms with E-state index in [1.807, 2.05) is 37.3 Å². The second-order valence-electron chi connectivity index (χ2n) is 8.61. The number of aryl methyl sites for hydroxylation is 1. The van der Waals surface area contributed by atoms with Crippen molar-refractivity contribution in [1.29, 1.82) is 0 Å². The number of carbonyl (C=O) groups excluding carboxylic acids is 2. The van der Waals surface area contributed by atoms with Crippen molar-refractivity contribution < 1.29 is 14.4 Å². The summed E-state index contributed by atoms with van der Waals surface area (Å²) in [7, 11) is 0. The highest BCUT2D eigenvalue weighted by atomic mass is 16.6. The molecule has 0 aliphatic heterocycles.